The molecule has 1 aliphatic heterocycles. The topological polar surface area (TPSA) is 94.2 Å². The second-order valence-corrected chi connectivity index (χ2v) is 8.16. The summed E-state index contributed by atoms with van der Waals surface area (Å²) in [7, 11) is 0. The van der Waals surface area contributed by atoms with Crippen molar-refractivity contribution in [2.24, 2.45) is 0 Å². The van der Waals surface area contributed by atoms with Gasteiger partial charge in [-0.2, -0.15) is 0 Å². The molecule has 1 saturated heterocycles. The second-order valence-electron chi connectivity index (χ2n) is 7.13. The summed E-state index contributed by atoms with van der Waals surface area (Å²) in [6.45, 7) is 4.81. The second kappa shape index (κ2) is 12.2. The van der Waals surface area contributed by atoms with E-state index in [1.807, 2.05) is 36.4 Å². The zero-order valence-electron chi connectivity index (χ0n) is 18.1. The third-order valence-electron chi connectivity index (χ3n) is 4.82. The first-order chi connectivity index (χ1) is 15.6. The Kier molecular flexibility index (Phi) is 9.06. The zero-order chi connectivity index (χ0) is 22.8. The van der Waals surface area contributed by atoms with Gasteiger partial charge in [0.25, 0.3) is 5.91 Å². The average molecular weight is 461 g/mol. The first-order valence-corrected chi connectivity index (χ1v) is 11.5. The van der Waals surface area contributed by atoms with E-state index in [9.17, 15) is 14.4 Å². The molecule has 32 heavy (non-hydrogen) atoms. The van der Waals surface area contributed by atoms with Gasteiger partial charge in [0.15, 0.2) is 6.61 Å². The summed E-state index contributed by atoms with van der Waals surface area (Å²) < 4.78 is 15.5. The third kappa shape index (κ3) is 6.80. The highest BCUT2D eigenvalue weighted by molar-refractivity contribution is 7.18. The number of thiophene rings is 1. The molecule has 1 aromatic carbocycles. The molecule has 2 heterocycles. The fourth-order valence-electron chi connectivity index (χ4n) is 3.25. The van der Waals surface area contributed by atoms with Crippen LogP contribution in [0.4, 0.5) is 5.00 Å². The molecule has 0 radical (unpaired) electrons. The molecule has 0 atom stereocenters. The minimum atomic E-state index is -0.534. The van der Waals surface area contributed by atoms with E-state index in [0.29, 0.717) is 37.7 Å². The van der Waals surface area contributed by atoms with Gasteiger partial charge >= 0.3 is 11.9 Å². The lowest BCUT2D eigenvalue weighted by Crippen LogP contribution is -2.35. The van der Waals surface area contributed by atoms with Crippen molar-refractivity contribution in [2.45, 2.75) is 19.8 Å². The zero-order valence-corrected chi connectivity index (χ0v) is 18.9. The first kappa shape index (κ1) is 23.7. The van der Waals surface area contributed by atoms with E-state index in [-0.39, 0.29) is 19.0 Å². The maximum atomic E-state index is 12.6. The number of rotatable bonds is 10. The summed E-state index contributed by atoms with van der Waals surface area (Å²) in [5.74, 6) is -1.24. The van der Waals surface area contributed by atoms with Crippen LogP contribution in [-0.4, -0.2) is 63.9 Å². The number of hydrogen-bond acceptors (Lipinski definition) is 8. The number of carbonyl (C=O) groups excluding carboxylic acids is 3. The van der Waals surface area contributed by atoms with Gasteiger partial charge in [-0.3, -0.25) is 9.59 Å². The molecule has 1 fully saturated rings. The average Bonchev–Trinajstić information content (AvgIpc) is 3.27. The number of nitrogens with zero attached hydrogens (tertiary/aromatic N) is 1. The van der Waals surface area contributed by atoms with Gasteiger partial charge in [-0.05, 0) is 25.0 Å². The summed E-state index contributed by atoms with van der Waals surface area (Å²) in [6, 6.07) is 11.7. The van der Waals surface area contributed by atoms with E-state index in [1.54, 1.807) is 6.92 Å². The lowest BCUT2D eigenvalue weighted by atomic mass is 10.1. The van der Waals surface area contributed by atoms with Crippen LogP contribution in [0.2, 0.25) is 0 Å². The standard InChI is InChI=1S/C23H28N2O6S/c1-2-30-21(27)9-6-10-24-20(26)16-31-23(28)19-15-18(17-7-4-3-5-8-17)22(32-19)25-11-13-29-14-12-25/h3-5,7-8,15H,2,6,9-14,16H2,1H3,(H,24,26). The Hall–Kier alpha value is -2.91. The van der Waals surface area contributed by atoms with Crippen molar-refractivity contribution in [1.29, 1.82) is 0 Å². The number of carbonyl (C=O) groups is 3. The van der Waals surface area contributed by atoms with Gasteiger partial charge in [0.2, 0.25) is 0 Å². The number of anilines is 1. The molecule has 1 amide bonds. The Labute approximate surface area is 191 Å². The number of amides is 1. The van der Waals surface area contributed by atoms with Crippen molar-refractivity contribution >= 4 is 34.2 Å². The Morgan fingerprint density at radius 2 is 1.88 bits per heavy atom. The van der Waals surface area contributed by atoms with Crippen LogP contribution in [0.5, 0.6) is 0 Å². The molecular formula is C23H28N2O6S. The third-order valence-corrected chi connectivity index (χ3v) is 5.99. The van der Waals surface area contributed by atoms with Gasteiger partial charge in [-0.15, -0.1) is 11.3 Å². The molecular weight excluding hydrogens is 432 g/mol. The molecule has 8 nitrogen and oxygen atoms in total. The molecule has 0 aliphatic carbocycles. The Balaban J connectivity index is 1.57. The van der Waals surface area contributed by atoms with E-state index in [0.717, 1.165) is 29.2 Å². The van der Waals surface area contributed by atoms with Crippen molar-refractivity contribution in [2.75, 3.05) is 51.0 Å². The van der Waals surface area contributed by atoms with E-state index in [2.05, 4.69) is 10.2 Å². The maximum absolute atomic E-state index is 12.6. The van der Waals surface area contributed by atoms with Crippen LogP contribution < -0.4 is 10.2 Å². The first-order valence-electron chi connectivity index (χ1n) is 10.7. The smallest absolute Gasteiger partial charge is 0.348 e. The molecule has 3 rings (SSSR count). The van der Waals surface area contributed by atoms with Crippen LogP contribution >= 0.6 is 11.3 Å². The highest BCUT2D eigenvalue weighted by atomic mass is 32.1. The lowest BCUT2D eigenvalue weighted by Gasteiger charge is -2.28. The summed E-state index contributed by atoms with van der Waals surface area (Å²) >= 11 is 1.36. The van der Waals surface area contributed by atoms with Crippen molar-refractivity contribution in [3.05, 3.63) is 41.3 Å². The van der Waals surface area contributed by atoms with Crippen molar-refractivity contribution in [3.63, 3.8) is 0 Å². The predicted octanol–water partition coefficient (Wildman–Crippen LogP) is 2.87. The summed E-state index contributed by atoms with van der Waals surface area (Å²) in [6.07, 6.45) is 0.697. The summed E-state index contributed by atoms with van der Waals surface area (Å²) in [5.41, 5.74) is 1.98. The number of esters is 2. The normalized spacial score (nSPS) is 13.5. The number of hydrogen-bond donors (Lipinski definition) is 1. The van der Waals surface area contributed by atoms with Crippen LogP contribution in [0.1, 0.15) is 29.4 Å². The van der Waals surface area contributed by atoms with Crippen LogP contribution in [-0.2, 0) is 23.8 Å². The molecule has 0 saturated carbocycles. The van der Waals surface area contributed by atoms with Gasteiger partial charge in [0, 0.05) is 31.6 Å². The Bertz CT molecular complexity index is 908. The quantitative estimate of drug-likeness (QED) is 0.430. The minimum absolute atomic E-state index is 0.232. The van der Waals surface area contributed by atoms with E-state index in [1.165, 1.54) is 11.3 Å². The Morgan fingerprint density at radius 1 is 1.12 bits per heavy atom. The highest BCUT2D eigenvalue weighted by Gasteiger charge is 2.23. The van der Waals surface area contributed by atoms with E-state index in [4.69, 9.17) is 14.2 Å². The summed E-state index contributed by atoms with van der Waals surface area (Å²) in [4.78, 5) is 38.5. The van der Waals surface area contributed by atoms with E-state index >= 15 is 0 Å². The number of morpholine rings is 1. The van der Waals surface area contributed by atoms with Gasteiger partial charge in [0.1, 0.15) is 4.88 Å². The predicted molar refractivity (Wildman–Crippen MR) is 122 cm³/mol. The monoisotopic (exact) mass is 460 g/mol. The van der Waals surface area contributed by atoms with Crippen molar-refractivity contribution in [3.8, 4) is 11.1 Å². The van der Waals surface area contributed by atoms with Crippen LogP contribution in [0, 0.1) is 0 Å². The number of nitrogens with one attached hydrogen (secondary N) is 1. The van der Waals surface area contributed by atoms with Crippen molar-refractivity contribution in [1.82, 2.24) is 5.32 Å². The fourth-order valence-corrected chi connectivity index (χ4v) is 4.38. The highest BCUT2D eigenvalue weighted by Crippen LogP contribution is 2.39. The summed E-state index contributed by atoms with van der Waals surface area (Å²) in [5, 5.41) is 3.63. The maximum Gasteiger partial charge on any atom is 0.348 e. The minimum Gasteiger partial charge on any atom is -0.466 e. The molecule has 9 heteroatoms. The largest absolute Gasteiger partial charge is 0.466 e. The SMILES string of the molecule is CCOC(=O)CCCNC(=O)COC(=O)c1cc(-c2ccccc2)c(N2CCOCC2)s1. The molecule has 1 N–H and O–H groups in total. The molecule has 2 aromatic rings. The Morgan fingerprint density at radius 3 is 2.59 bits per heavy atom. The van der Waals surface area contributed by atoms with Gasteiger partial charge in [-0.1, -0.05) is 30.3 Å². The molecule has 1 aliphatic rings. The fraction of sp³-hybridized carbons (Fsp3) is 0.435. The van der Waals surface area contributed by atoms with Gasteiger partial charge in [0.05, 0.1) is 24.8 Å². The van der Waals surface area contributed by atoms with Crippen LogP contribution in [0.3, 0.4) is 0 Å². The molecule has 172 valence electrons. The van der Waals surface area contributed by atoms with Gasteiger partial charge in [-0.25, -0.2) is 4.79 Å². The van der Waals surface area contributed by atoms with E-state index < -0.39 is 11.9 Å². The van der Waals surface area contributed by atoms with Crippen molar-refractivity contribution < 1.29 is 28.6 Å². The van der Waals surface area contributed by atoms with Crippen LogP contribution in [0.25, 0.3) is 11.1 Å². The van der Waals surface area contributed by atoms with Gasteiger partial charge < -0.3 is 24.4 Å². The number of benzene rings is 1. The molecule has 1 aromatic heterocycles. The molecule has 0 unspecified atom stereocenters. The molecule has 0 spiro atoms. The molecule has 0 bridgehead atoms. The van der Waals surface area contributed by atoms with Crippen LogP contribution in [0.15, 0.2) is 36.4 Å². The number of ether oxygens (including phenoxy) is 3. The lowest BCUT2D eigenvalue weighted by molar-refractivity contribution is -0.143.